The van der Waals surface area contributed by atoms with Gasteiger partial charge in [0.25, 0.3) is 0 Å². The van der Waals surface area contributed by atoms with E-state index in [9.17, 15) is 9.59 Å². The summed E-state index contributed by atoms with van der Waals surface area (Å²) in [5.74, 6) is 1.80. The summed E-state index contributed by atoms with van der Waals surface area (Å²) in [7, 11) is 1.51. The largest absolute Gasteiger partial charge is 0.469 e. The van der Waals surface area contributed by atoms with Crippen molar-refractivity contribution in [3.05, 3.63) is 29.2 Å². The Morgan fingerprint density at radius 1 is 1.03 bits per heavy atom. The van der Waals surface area contributed by atoms with Gasteiger partial charge in [0.15, 0.2) is 5.78 Å². The number of ketones is 1. The zero-order valence-electron chi connectivity index (χ0n) is 24.1. The molecule has 0 unspecified atom stereocenters. The average Bonchev–Trinajstić information content (AvgIpc) is 3.29. The first-order valence-electron chi connectivity index (χ1n) is 14.4. The number of fused-ring (bicyclic) bond motifs is 8. The molecule has 5 nitrogen and oxygen atoms in total. The van der Waals surface area contributed by atoms with Crippen LogP contribution in [0.4, 0.5) is 0 Å². The Labute approximate surface area is 222 Å². The highest BCUT2D eigenvalue weighted by Crippen LogP contribution is 2.74. The zero-order chi connectivity index (χ0) is 26.8. The topological polar surface area (TPSA) is 69.4 Å². The number of hydrogen-bond donors (Lipinski definition) is 0. The van der Waals surface area contributed by atoms with Crippen LogP contribution in [0, 0.1) is 44.8 Å². The molecule has 8 atom stereocenters. The minimum absolute atomic E-state index is 0.0326. The maximum atomic E-state index is 14.5. The van der Waals surface area contributed by atoms with E-state index in [1.807, 2.05) is 6.20 Å². The lowest BCUT2D eigenvalue weighted by Crippen LogP contribution is -2.66. The minimum atomic E-state index is -0.486. The number of methoxy groups -OCH3 is 1. The Hall–Kier alpha value is -1.91. The fourth-order valence-electron chi connectivity index (χ4n) is 10.9. The number of allylic oxidation sites excluding steroid dienone is 2. The maximum absolute atomic E-state index is 14.5. The maximum Gasteiger partial charge on any atom is 0.311 e. The van der Waals surface area contributed by atoms with Gasteiger partial charge < -0.3 is 9.26 Å². The van der Waals surface area contributed by atoms with Crippen molar-refractivity contribution >= 4 is 11.8 Å². The van der Waals surface area contributed by atoms with E-state index >= 15 is 0 Å². The van der Waals surface area contributed by atoms with Crippen LogP contribution >= 0.6 is 0 Å². The van der Waals surface area contributed by atoms with Crippen molar-refractivity contribution < 1.29 is 18.8 Å². The molecule has 5 aliphatic carbocycles. The van der Waals surface area contributed by atoms with Crippen LogP contribution in [0.2, 0.25) is 0 Å². The number of carbonyl (C=O) groups is 2. The fourth-order valence-corrected chi connectivity index (χ4v) is 10.9. The van der Waals surface area contributed by atoms with E-state index in [1.165, 1.54) is 18.2 Å². The summed E-state index contributed by atoms with van der Waals surface area (Å²) in [5, 5.41) is 4.19. The summed E-state index contributed by atoms with van der Waals surface area (Å²) < 4.78 is 11.1. The molecule has 1 aromatic rings. The number of aromatic nitrogens is 1. The van der Waals surface area contributed by atoms with E-state index in [-0.39, 0.29) is 44.9 Å². The van der Waals surface area contributed by atoms with Crippen LogP contribution in [-0.4, -0.2) is 24.0 Å². The van der Waals surface area contributed by atoms with Gasteiger partial charge in [-0.3, -0.25) is 9.59 Å². The minimum Gasteiger partial charge on any atom is -0.469 e. The van der Waals surface area contributed by atoms with Crippen LogP contribution in [0.15, 0.2) is 22.4 Å². The lowest BCUT2D eigenvalue weighted by molar-refractivity contribution is -0.175. The van der Waals surface area contributed by atoms with Crippen molar-refractivity contribution in [2.75, 3.05) is 7.11 Å². The van der Waals surface area contributed by atoms with Gasteiger partial charge in [-0.2, -0.15) is 0 Å². The van der Waals surface area contributed by atoms with Gasteiger partial charge in [0.1, 0.15) is 5.76 Å². The molecule has 0 amide bonds. The number of nitrogens with zero attached hydrogens (tertiary/aromatic N) is 1. The third kappa shape index (κ3) is 2.95. The van der Waals surface area contributed by atoms with Crippen molar-refractivity contribution in [2.45, 2.75) is 105 Å². The summed E-state index contributed by atoms with van der Waals surface area (Å²) in [5.41, 5.74) is 1.68. The number of hydrogen-bond acceptors (Lipinski definition) is 5. The molecule has 0 aliphatic heterocycles. The van der Waals surface area contributed by atoms with E-state index in [2.05, 4.69) is 59.7 Å². The molecule has 0 radical (unpaired) electrons. The van der Waals surface area contributed by atoms with Gasteiger partial charge in [-0.25, -0.2) is 0 Å². The molecule has 0 N–H and O–H groups in total. The van der Waals surface area contributed by atoms with Crippen molar-refractivity contribution in [3.63, 3.8) is 0 Å². The molecule has 0 saturated heterocycles. The highest BCUT2D eigenvalue weighted by atomic mass is 16.5. The highest BCUT2D eigenvalue weighted by Gasteiger charge is 2.70. The first-order chi connectivity index (χ1) is 17.2. The Morgan fingerprint density at radius 3 is 2.43 bits per heavy atom. The normalized spacial score (nSPS) is 47.9. The van der Waals surface area contributed by atoms with Crippen LogP contribution < -0.4 is 0 Å². The predicted molar refractivity (Wildman–Crippen MR) is 142 cm³/mol. The molecule has 37 heavy (non-hydrogen) atoms. The monoisotopic (exact) mass is 507 g/mol. The van der Waals surface area contributed by atoms with Crippen LogP contribution in [-0.2, 0) is 26.2 Å². The van der Waals surface area contributed by atoms with E-state index in [4.69, 9.17) is 9.26 Å². The first kappa shape index (κ1) is 25.4. The van der Waals surface area contributed by atoms with E-state index in [1.54, 1.807) is 0 Å². The summed E-state index contributed by atoms with van der Waals surface area (Å²) in [6, 6.07) is 0. The van der Waals surface area contributed by atoms with Gasteiger partial charge in [-0.15, -0.1) is 0 Å². The molecule has 5 aliphatic rings. The molecule has 0 bridgehead atoms. The van der Waals surface area contributed by atoms with Crippen molar-refractivity contribution in [1.29, 1.82) is 0 Å². The van der Waals surface area contributed by atoms with E-state index < -0.39 is 5.41 Å². The van der Waals surface area contributed by atoms with Gasteiger partial charge >= 0.3 is 5.97 Å². The van der Waals surface area contributed by atoms with E-state index in [0.717, 1.165) is 57.1 Å². The second-order valence-electron chi connectivity index (χ2n) is 15.3. The Balaban J connectivity index is 1.47. The smallest absolute Gasteiger partial charge is 0.311 e. The molecule has 3 saturated carbocycles. The molecule has 3 fully saturated rings. The summed E-state index contributed by atoms with van der Waals surface area (Å²) >= 11 is 0. The first-order valence-corrected chi connectivity index (χ1v) is 14.4. The fraction of sp³-hybridized carbons (Fsp3) is 0.781. The Kier molecular flexibility index (Phi) is 5.06. The number of carbonyl (C=O) groups excluding carboxylic acids is 2. The lowest BCUT2D eigenvalue weighted by atomic mass is 9.33. The van der Waals surface area contributed by atoms with Crippen molar-refractivity contribution in [3.8, 4) is 0 Å². The molecule has 1 aromatic heterocycles. The number of rotatable bonds is 1. The van der Waals surface area contributed by atoms with Gasteiger partial charge in [-0.1, -0.05) is 52.3 Å². The summed E-state index contributed by atoms with van der Waals surface area (Å²) in [6.45, 7) is 16.4. The second-order valence-corrected chi connectivity index (χ2v) is 15.3. The van der Waals surface area contributed by atoms with Gasteiger partial charge in [0, 0.05) is 16.9 Å². The molecule has 5 heteroatoms. The molecule has 0 aromatic carbocycles. The Bertz CT molecular complexity index is 1210. The standard InChI is InChI=1S/C32H45NO4/c1-27(2)23-9-10-32(7)24(30(23,5)16-19-18-33-37-25(19)27)22(34)15-20-21-17-29(4,26(35)36-8)12-11-28(21,3)13-14-31(20,32)6/h15,18,21,23-24H,9-14,16-17H2,1-8H3/t21-,23-,24-,28-,29+,30+,31+,32-/m1/s1. The molecule has 6 rings (SSSR count). The SMILES string of the molecule is COC(=O)[C@@]1(C)CC[C@]2(C)CC[C@@]3(C)C(=CC(=O)[C@@H]4[C@@]5(C)Cc6cnoc6C(C)(C)[C@H]5CC[C@]43C)[C@H]2C1. The van der Waals surface area contributed by atoms with E-state index in [0.29, 0.717) is 11.7 Å². The average molecular weight is 508 g/mol. The van der Waals surface area contributed by atoms with Crippen LogP contribution in [0.3, 0.4) is 0 Å². The lowest BCUT2D eigenvalue weighted by Gasteiger charge is -2.69. The second kappa shape index (κ2) is 7.39. The predicted octanol–water partition coefficient (Wildman–Crippen LogP) is 6.84. The van der Waals surface area contributed by atoms with Crippen molar-refractivity contribution in [2.24, 2.45) is 44.8 Å². The number of esters is 1. The van der Waals surface area contributed by atoms with Gasteiger partial charge in [0.05, 0.1) is 18.7 Å². The zero-order valence-corrected chi connectivity index (χ0v) is 24.1. The third-order valence-electron chi connectivity index (χ3n) is 13.2. The molecular weight excluding hydrogens is 462 g/mol. The molecule has 202 valence electrons. The van der Waals surface area contributed by atoms with Crippen LogP contribution in [0.1, 0.15) is 105 Å². The van der Waals surface area contributed by atoms with Crippen LogP contribution in [0.5, 0.6) is 0 Å². The Morgan fingerprint density at radius 2 is 1.73 bits per heavy atom. The quantitative estimate of drug-likeness (QED) is 0.389. The van der Waals surface area contributed by atoms with Gasteiger partial charge in [0.2, 0.25) is 0 Å². The molecule has 0 spiro atoms. The van der Waals surface area contributed by atoms with Crippen molar-refractivity contribution in [1.82, 2.24) is 5.16 Å². The molecular formula is C32H45NO4. The summed E-state index contributed by atoms with van der Waals surface area (Å²) in [6.07, 6.45) is 11.9. The summed E-state index contributed by atoms with van der Waals surface area (Å²) in [4.78, 5) is 27.4. The molecule has 1 heterocycles. The number of ether oxygens (including phenoxy) is 1. The van der Waals surface area contributed by atoms with Gasteiger partial charge in [-0.05, 0) is 97.9 Å². The third-order valence-corrected chi connectivity index (χ3v) is 13.2. The van der Waals surface area contributed by atoms with Crippen LogP contribution in [0.25, 0.3) is 0 Å². The highest BCUT2D eigenvalue weighted by molar-refractivity contribution is 5.96.